The lowest BCUT2D eigenvalue weighted by atomic mass is 9.83. The van der Waals surface area contributed by atoms with Crippen LogP contribution in [-0.4, -0.2) is 62.6 Å². The van der Waals surface area contributed by atoms with E-state index in [1.807, 2.05) is 6.20 Å². The number of β-amino-alcohol motifs (C(OH)–C–C–N with tert-alkyl or cyclic N) is 1. The summed E-state index contributed by atoms with van der Waals surface area (Å²) in [5.74, 6) is 0.343. The molecule has 2 amide bonds. The highest BCUT2D eigenvalue weighted by Crippen LogP contribution is 2.40. The van der Waals surface area contributed by atoms with E-state index in [9.17, 15) is 14.7 Å². The highest BCUT2D eigenvalue weighted by molar-refractivity contribution is 5.90. The molecule has 2 aliphatic carbocycles. The van der Waals surface area contributed by atoms with Crippen molar-refractivity contribution >= 4 is 11.8 Å². The van der Waals surface area contributed by atoms with Crippen LogP contribution in [0.3, 0.4) is 0 Å². The largest absolute Gasteiger partial charge is 0.391 e. The molecule has 148 valence electrons. The zero-order valence-corrected chi connectivity index (χ0v) is 15.9. The molecule has 0 spiro atoms. The molecule has 3 aliphatic rings. The van der Waals surface area contributed by atoms with Gasteiger partial charge in [0.1, 0.15) is 12.1 Å². The highest BCUT2D eigenvalue weighted by Gasteiger charge is 2.44. The molecule has 8 nitrogen and oxygen atoms in total. The van der Waals surface area contributed by atoms with Gasteiger partial charge in [-0.2, -0.15) is 0 Å². The van der Waals surface area contributed by atoms with Crippen LogP contribution < -0.4 is 5.32 Å². The topological polar surface area (TPSA) is 100 Å². The van der Waals surface area contributed by atoms with Gasteiger partial charge in [-0.15, -0.1) is 5.10 Å². The first-order valence-electron chi connectivity index (χ1n) is 10.2. The third-order valence-corrected chi connectivity index (χ3v) is 6.27. The first-order chi connectivity index (χ1) is 13.1. The van der Waals surface area contributed by atoms with Gasteiger partial charge in [0.25, 0.3) is 0 Å². The zero-order valence-electron chi connectivity index (χ0n) is 15.9. The minimum absolute atomic E-state index is 0.112. The summed E-state index contributed by atoms with van der Waals surface area (Å²) < 4.78 is 1.73. The Bertz CT molecular complexity index is 695. The van der Waals surface area contributed by atoms with Crippen molar-refractivity contribution in [3.8, 4) is 0 Å². The van der Waals surface area contributed by atoms with E-state index in [1.54, 1.807) is 16.6 Å². The summed E-state index contributed by atoms with van der Waals surface area (Å²) in [6.07, 6.45) is 9.21. The van der Waals surface area contributed by atoms with E-state index in [0.29, 0.717) is 5.92 Å². The smallest absolute Gasteiger partial charge is 0.248 e. The first-order valence-corrected chi connectivity index (χ1v) is 10.2. The fourth-order valence-corrected chi connectivity index (χ4v) is 4.62. The van der Waals surface area contributed by atoms with E-state index < -0.39 is 18.2 Å². The van der Waals surface area contributed by atoms with Gasteiger partial charge >= 0.3 is 0 Å². The zero-order chi connectivity index (χ0) is 19.0. The average Bonchev–Trinajstić information content (AvgIpc) is 3.30. The lowest BCUT2D eigenvalue weighted by molar-refractivity contribution is -0.143. The van der Waals surface area contributed by atoms with Gasteiger partial charge in [0, 0.05) is 32.1 Å². The second-order valence-corrected chi connectivity index (χ2v) is 8.25. The highest BCUT2D eigenvalue weighted by atomic mass is 16.3. The maximum absolute atomic E-state index is 13.6. The number of rotatable bonds is 5. The SMILES string of the molecule is CNC(=O)[C@H]1CC(O)CN1C(=O)C(C1CCCCC1)n1cc(C2CC2)nn1. The lowest BCUT2D eigenvalue weighted by Gasteiger charge is -2.33. The van der Waals surface area contributed by atoms with E-state index in [1.165, 1.54) is 6.42 Å². The molecule has 1 aromatic heterocycles. The first kappa shape index (κ1) is 18.4. The van der Waals surface area contributed by atoms with Crippen LogP contribution in [0.1, 0.15) is 69.0 Å². The molecule has 2 N–H and O–H groups in total. The molecule has 3 fully saturated rings. The number of carbonyl (C=O) groups excluding carboxylic acids is 2. The molecule has 0 aromatic carbocycles. The number of aromatic nitrogens is 3. The van der Waals surface area contributed by atoms with Gasteiger partial charge in [0.15, 0.2) is 0 Å². The number of hydrogen-bond acceptors (Lipinski definition) is 5. The van der Waals surface area contributed by atoms with Gasteiger partial charge in [0.2, 0.25) is 11.8 Å². The van der Waals surface area contributed by atoms with Crippen molar-refractivity contribution in [2.75, 3.05) is 13.6 Å². The third kappa shape index (κ3) is 3.72. The minimum Gasteiger partial charge on any atom is -0.391 e. The Kier molecular flexibility index (Phi) is 5.16. The molecule has 2 unspecified atom stereocenters. The summed E-state index contributed by atoms with van der Waals surface area (Å²) in [6.45, 7) is 0.199. The van der Waals surface area contributed by atoms with Crippen molar-refractivity contribution in [1.82, 2.24) is 25.2 Å². The summed E-state index contributed by atoms with van der Waals surface area (Å²) in [4.78, 5) is 27.4. The summed E-state index contributed by atoms with van der Waals surface area (Å²) in [5.41, 5.74) is 0.966. The summed E-state index contributed by atoms with van der Waals surface area (Å²) >= 11 is 0. The number of carbonyl (C=O) groups is 2. The number of hydrogen-bond donors (Lipinski definition) is 2. The van der Waals surface area contributed by atoms with Gasteiger partial charge in [0.05, 0.1) is 11.8 Å². The van der Waals surface area contributed by atoms with Crippen molar-refractivity contribution in [2.24, 2.45) is 5.92 Å². The normalized spacial score (nSPS) is 27.6. The number of nitrogens with zero attached hydrogens (tertiary/aromatic N) is 4. The second-order valence-electron chi connectivity index (χ2n) is 8.25. The van der Waals surface area contributed by atoms with Crippen LogP contribution in [0.5, 0.6) is 0 Å². The van der Waals surface area contributed by atoms with E-state index in [0.717, 1.165) is 44.2 Å². The molecular formula is C19H29N5O3. The van der Waals surface area contributed by atoms with E-state index in [4.69, 9.17) is 0 Å². The molecular weight excluding hydrogens is 346 g/mol. The molecule has 3 atom stereocenters. The lowest BCUT2D eigenvalue weighted by Crippen LogP contribution is -2.49. The van der Waals surface area contributed by atoms with Crippen LogP contribution in [0.25, 0.3) is 0 Å². The Hall–Kier alpha value is -1.96. The molecule has 4 rings (SSSR count). The summed E-state index contributed by atoms with van der Waals surface area (Å²) in [7, 11) is 1.56. The van der Waals surface area contributed by atoms with Crippen LogP contribution in [-0.2, 0) is 9.59 Å². The number of amides is 2. The van der Waals surface area contributed by atoms with Crippen molar-refractivity contribution in [1.29, 1.82) is 0 Å². The monoisotopic (exact) mass is 375 g/mol. The molecule has 2 saturated carbocycles. The molecule has 0 bridgehead atoms. The van der Waals surface area contributed by atoms with Crippen LogP contribution in [0.4, 0.5) is 0 Å². The van der Waals surface area contributed by atoms with Crippen molar-refractivity contribution in [3.05, 3.63) is 11.9 Å². The summed E-state index contributed by atoms with van der Waals surface area (Å²) in [6, 6.07) is -1.06. The number of likely N-dealkylation sites (N-methyl/N-ethyl adjacent to an activating group) is 1. The number of aliphatic hydroxyl groups excluding tert-OH is 1. The number of nitrogens with one attached hydrogen (secondary N) is 1. The number of aliphatic hydroxyl groups is 1. The Morgan fingerprint density at radius 3 is 2.63 bits per heavy atom. The maximum Gasteiger partial charge on any atom is 0.248 e. The van der Waals surface area contributed by atoms with Crippen LogP contribution >= 0.6 is 0 Å². The van der Waals surface area contributed by atoms with Gasteiger partial charge in [-0.1, -0.05) is 24.5 Å². The minimum atomic E-state index is -0.666. The average molecular weight is 375 g/mol. The Morgan fingerprint density at radius 1 is 1.22 bits per heavy atom. The second kappa shape index (κ2) is 7.58. The Morgan fingerprint density at radius 2 is 1.96 bits per heavy atom. The fourth-order valence-electron chi connectivity index (χ4n) is 4.62. The molecule has 2 heterocycles. The molecule has 8 heteroatoms. The van der Waals surface area contributed by atoms with E-state index in [-0.39, 0.29) is 30.7 Å². The third-order valence-electron chi connectivity index (χ3n) is 6.27. The van der Waals surface area contributed by atoms with Crippen LogP contribution in [0.15, 0.2) is 6.20 Å². The Labute approximate surface area is 159 Å². The van der Waals surface area contributed by atoms with E-state index in [2.05, 4.69) is 15.6 Å². The number of likely N-dealkylation sites (tertiary alicyclic amines) is 1. The maximum atomic E-state index is 13.6. The van der Waals surface area contributed by atoms with E-state index >= 15 is 0 Å². The molecule has 1 saturated heterocycles. The van der Waals surface area contributed by atoms with Gasteiger partial charge in [-0.05, 0) is 31.6 Å². The van der Waals surface area contributed by atoms with Gasteiger partial charge in [-0.25, -0.2) is 4.68 Å². The molecule has 27 heavy (non-hydrogen) atoms. The fraction of sp³-hybridized carbons (Fsp3) is 0.789. The predicted molar refractivity (Wildman–Crippen MR) is 97.8 cm³/mol. The van der Waals surface area contributed by atoms with Crippen LogP contribution in [0, 0.1) is 5.92 Å². The standard InChI is InChI=1S/C19H29N5O3/c1-20-18(26)16-9-14(25)10-23(16)19(27)17(13-5-3-2-4-6-13)24-11-15(21-22-24)12-7-8-12/h11-14,16-17,25H,2-10H2,1H3,(H,20,26)/t14?,16-,17?/m1/s1. The molecule has 1 aliphatic heterocycles. The quantitative estimate of drug-likeness (QED) is 0.799. The molecule has 1 aromatic rings. The molecule has 0 radical (unpaired) electrons. The van der Waals surface area contributed by atoms with Crippen molar-refractivity contribution in [3.63, 3.8) is 0 Å². The van der Waals surface area contributed by atoms with Gasteiger partial charge in [-0.3, -0.25) is 9.59 Å². The predicted octanol–water partition coefficient (Wildman–Crippen LogP) is 0.985. The Balaban J connectivity index is 1.62. The van der Waals surface area contributed by atoms with Gasteiger partial charge < -0.3 is 15.3 Å². The van der Waals surface area contributed by atoms with Crippen molar-refractivity contribution < 1.29 is 14.7 Å². The van der Waals surface area contributed by atoms with Crippen molar-refractivity contribution in [2.45, 2.75) is 75.5 Å². The van der Waals surface area contributed by atoms with Crippen LogP contribution in [0.2, 0.25) is 0 Å². The summed E-state index contributed by atoms with van der Waals surface area (Å²) in [5, 5.41) is 21.3.